The fraction of sp³-hybridized carbons (Fsp3) is 0.438. The van der Waals surface area contributed by atoms with Crippen LogP contribution in [-0.2, 0) is 38.1 Å². The lowest BCUT2D eigenvalue weighted by atomic mass is 9.86. The van der Waals surface area contributed by atoms with E-state index in [0.717, 1.165) is 24.4 Å². The molecule has 15 heteroatoms. The summed E-state index contributed by atoms with van der Waals surface area (Å²) in [5.41, 5.74) is 0.0153. The highest BCUT2D eigenvalue weighted by Crippen LogP contribution is 2.34. The van der Waals surface area contributed by atoms with E-state index in [1.165, 1.54) is 24.5 Å². The first-order chi connectivity index (χ1) is 22.2. The third kappa shape index (κ3) is 11.1. The Labute approximate surface area is 264 Å². The van der Waals surface area contributed by atoms with E-state index in [-0.39, 0.29) is 56.3 Å². The van der Waals surface area contributed by atoms with Crippen molar-refractivity contribution in [2.24, 2.45) is 0 Å². The van der Waals surface area contributed by atoms with Gasteiger partial charge < -0.3 is 14.8 Å². The lowest BCUT2D eigenvalue weighted by molar-refractivity contribution is -0.158. The normalized spacial score (nSPS) is 17.7. The number of alkyl halides is 6. The van der Waals surface area contributed by atoms with E-state index in [4.69, 9.17) is 9.47 Å². The first-order valence-electron chi connectivity index (χ1n) is 14.7. The number of ether oxygens (including phenoxy) is 2. The van der Waals surface area contributed by atoms with Gasteiger partial charge in [0.2, 0.25) is 0 Å². The summed E-state index contributed by atoms with van der Waals surface area (Å²) < 4.78 is 116. The zero-order valence-electron chi connectivity index (χ0n) is 24.8. The van der Waals surface area contributed by atoms with Crippen LogP contribution in [0.4, 0.5) is 35.1 Å². The second kappa shape index (κ2) is 15.7. The molecule has 1 saturated heterocycles. The van der Waals surface area contributed by atoms with Crippen molar-refractivity contribution in [1.29, 1.82) is 0 Å². The molecule has 0 unspecified atom stereocenters. The molecule has 47 heavy (non-hydrogen) atoms. The minimum absolute atomic E-state index is 0.0938. The number of ketones is 1. The van der Waals surface area contributed by atoms with Gasteiger partial charge in [-0.25, -0.2) is 8.78 Å². The van der Waals surface area contributed by atoms with Crippen LogP contribution in [-0.4, -0.2) is 59.8 Å². The molecule has 1 fully saturated rings. The first-order valence-corrected chi connectivity index (χ1v) is 14.7. The van der Waals surface area contributed by atoms with Crippen molar-refractivity contribution in [3.8, 4) is 0 Å². The Kier molecular flexibility index (Phi) is 12.0. The van der Waals surface area contributed by atoms with Crippen molar-refractivity contribution in [2.75, 3.05) is 19.8 Å². The summed E-state index contributed by atoms with van der Waals surface area (Å²) in [4.78, 5) is 32.4. The van der Waals surface area contributed by atoms with Crippen LogP contribution >= 0.6 is 0 Å². The largest absolute Gasteiger partial charge is 0.464 e. The molecule has 7 nitrogen and oxygen atoms in total. The molecule has 0 bridgehead atoms. The van der Waals surface area contributed by atoms with Crippen LogP contribution in [0.15, 0.2) is 55.1 Å². The number of esters is 1. The van der Waals surface area contributed by atoms with Crippen LogP contribution in [0.5, 0.6) is 0 Å². The van der Waals surface area contributed by atoms with Gasteiger partial charge in [0, 0.05) is 43.9 Å². The Bertz CT molecular complexity index is 1510. The third-order valence-electron chi connectivity index (χ3n) is 7.62. The monoisotopic (exact) mass is 673 g/mol. The number of aromatic nitrogens is 2. The van der Waals surface area contributed by atoms with Crippen molar-refractivity contribution < 1.29 is 54.2 Å². The SMILES string of the molecule is O=C(Cc1cncc(F)c1CC[C@@H]1CN[C@H](COC(=O)CCC(F)(F)F)CO1)C[C@@H](c1ccc(F)cc1)c1cncc(C(F)(F)F)c1. The summed E-state index contributed by atoms with van der Waals surface area (Å²) >= 11 is 0. The van der Waals surface area contributed by atoms with Gasteiger partial charge in [0.25, 0.3) is 0 Å². The molecule has 3 heterocycles. The number of nitrogens with one attached hydrogen (secondary N) is 1. The molecule has 0 amide bonds. The van der Waals surface area contributed by atoms with Gasteiger partial charge in [0.15, 0.2) is 0 Å². The number of hydrogen-bond donors (Lipinski definition) is 1. The molecule has 0 radical (unpaired) electrons. The molecule has 3 atom stereocenters. The van der Waals surface area contributed by atoms with E-state index in [1.54, 1.807) is 0 Å². The number of rotatable bonds is 13. The smallest absolute Gasteiger partial charge is 0.417 e. The number of morpholine rings is 1. The predicted molar refractivity (Wildman–Crippen MR) is 151 cm³/mol. The average Bonchev–Trinajstić information content (AvgIpc) is 3.02. The van der Waals surface area contributed by atoms with Crippen LogP contribution in [0.25, 0.3) is 0 Å². The number of carbonyl (C=O) groups is 2. The summed E-state index contributed by atoms with van der Waals surface area (Å²) in [6, 6.07) is 5.49. The van der Waals surface area contributed by atoms with Crippen LogP contribution in [0.2, 0.25) is 0 Å². The highest BCUT2D eigenvalue weighted by Gasteiger charge is 2.33. The maximum atomic E-state index is 14.9. The Balaban J connectivity index is 1.36. The van der Waals surface area contributed by atoms with Gasteiger partial charge in [-0.15, -0.1) is 0 Å². The molecule has 254 valence electrons. The van der Waals surface area contributed by atoms with Crippen molar-refractivity contribution in [3.05, 3.63) is 94.6 Å². The zero-order valence-corrected chi connectivity index (χ0v) is 24.8. The van der Waals surface area contributed by atoms with E-state index in [9.17, 15) is 44.7 Å². The maximum absolute atomic E-state index is 14.9. The minimum Gasteiger partial charge on any atom is -0.464 e. The number of carbonyl (C=O) groups excluding carboxylic acids is 2. The summed E-state index contributed by atoms with van der Waals surface area (Å²) in [6.07, 6.45) is -7.42. The summed E-state index contributed by atoms with van der Waals surface area (Å²) in [5.74, 6) is -3.50. The quantitative estimate of drug-likeness (QED) is 0.169. The second-order valence-corrected chi connectivity index (χ2v) is 11.2. The Morgan fingerprint density at radius 2 is 1.70 bits per heavy atom. The van der Waals surface area contributed by atoms with E-state index < -0.39 is 66.1 Å². The van der Waals surface area contributed by atoms with Crippen molar-refractivity contribution in [1.82, 2.24) is 15.3 Å². The molecule has 3 aromatic rings. The molecule has 0 spiro atoms. The number of pyridine rings is 2. The molecule has 0 aliphatic carbocycles. The predicted octanol–water partition coefficient (Wildman–Crippen LogP) is 6.28. The van der Waals surface area contributed by atoms with Crippen molar-refractivity contribution in [3.63, 3.8) is 0 Å². The molecule has 1 aliphatic rings. The summed E-state index contributed by atoms with van der Waals surface area (Å²) in [7, 11) is 0. The highest BCUT2D eigenvalue weighted by atomic mass is 19.4. The zero-order chi connectivity index (χ0) is 34.2. The fourth-order valence-electron chi connectivity index (χ4n) is 5.15. The van der Waals surface area contributed by atoms with Gasteiger partial charge in [-0.1, -0.05) is 12.1 Å². The number of benzene rings is 1. The van der Waals surface area contributed by atoms with Gasteiger partial charge in [0.05, 0.1) is 43.4 Å². The lowest BCUT2D eigenvalue weighted by Gasteiger charge is -2.30. The van der Waals surface area contributed by atoms with Gasteiger partial charge in [-0.05, 0) is 53.3 Å². The van der Waals surface area contributed by atoms with Crippen LogP contribution in [0.1, 0.15) is 59.4 Å². The van der Waals surface area contributed by atoms with Crippen molar-refractivity contribution >= 4 is 11.8 Å². The number of halogens is 8. The van der Waals surface area contributed by atoms with Crippen LogP contribution < -0.4 is 5.32 Å². The summed E-state index contributed by atoms with van der Waals surface area (Å²) in [6.45, 7) is 0.205. The molecular weight excluding hydrogens is 642 g/mol. The van der Waals surface area contributed by atoms with Crippen molar-refractivity contribution in [2.45, 2.75) is 68.9 Å². The fourth-order valence-corrected chi connectivity index (χ4v) is 5.15. The number of hydrogen-bond acceptors (Lipinski definition) is 7. The molecular formula is C32H31F8N3O4. The molecule has 2 aromatic heterocycles. The second-order valence-electron chi connectivity index (χ2n) is 11.2. The van der Waals surface area contributed by atoms with Crippen LogP contribution in [0.3, 0.4) is 0 Å². The van der Waals surface area contributed by atoms with Gasteiger partial charge in [-0.2, -0.15) is 26.3 Å². The molecule has 4 rings (SSSR count). The van der Waals surface area contributed by atoms with Gasteiger partial charge >= 0.3 is 18.3 Å². The number of Topliss-reactive ketones (excluding diaryl/α,β-unsaturated/α-hetero) is 1. The molecule has 1 aliphatic heterocycles. The van der Waals surface area contributed by atoms with E-state index >= 15 is 0 Å². The average molecular weight is 674 g/mol. The van der Waals surface area contributed by atoms with E-state index in [0.29, 0.717) is 23.7 Å². The highest BCUT2D eigenvalue weighted by molar-refractivity contribution is 5.82. The third-order valence-corrected chi connectivity index (χ3v) is 7.62. The minimum atomic E-state index is -4.67. The van der Waals surface area contributed by atoms with E-state index in [1.807, 2.05) is 0 Å². The Hall–Kier alpha value is -3.98. The Morgan fingerprint density at radius 1 is 0.979 bits per heavy atom. The van der Waals surface area contributed by atoms with Gasteiger partial charge in [-0.3, -0.25) is 19.6 Å². The lowest BCUT2D eigenvalue weighted by Crippen LogP contribution is -2.49. The van der Waals surface area contributed by atoms with E-state index in [2.05, 4.69) is 15.3 Å². The molecule has 1 aromatic carbocycles. The first kappa shape index (κ1) is 35.9. The summed E-state index contributed by atoms with van der Waals surface area (Å²) in [5, 5.41) is 3.08. The number of nitrogens with zero attached hydrogens (tertiary/aromatic N) is 2. The molecule has 1 N–H and O–H groups in total. The Morgan fingerprint density at radius 3 is 2.36 bits per heavy atom. The van der Waals surface area contributed by atoms with Crippen LogP contribution in [0, 0.1) is 11.6 Å². The maximum Gasteiger partial charge on any atom is 0.417 e. The molecule has 0 saturated carbocycles. The van der Waals surface area contributed by atoms with Gasteiger partial charge in [0.1, 0.15) is 24.0 Å². The topological polar surface area (TPSA) is 90.4 Å². The standard InChI is InChI=1S/C32H31F8N3O4/c33-23-3-1-19(2-4-23)28(20-9-22(14-41-12-20)32(38,39)40)11-25(44)10-21-13-42-16-29(34)27(21)6-5-26-15-43-24(17-46-26)18-47-30(45)7-8-31(35,36)37/h1-4,9,12-14,16,24,26,28,43H,5-8,10-11,15,17-18H2/t24-,26+,28-/m0/s1.